The zero-order valence-electron chi connectivity index (χ0n) is 15.5. The van der Waals surface area contributed by atoms with Crippen LogP contribution in [-0.2, 0) is 24.1 Å². The lowest BCUT2D eigenvalue weighted by Crippen LogP contribution is -2.04. The molecular formula is C22H23BrClNO2. The van der Waals surface area contributed by atoms with Gasteiger partial charge in [-0.05, 0) is 71.8 Å². The second-order valence-electron chi connectivity index (χ2n) is 7.33. The standard InChI is InChI=1S/C22H23BrClNO2/c1-2-3-4-7-15-14-8-5-6-9-19(14)27-20(15)12-17-16-10-13(24)11-18(23)21(16)25-22(17)26/h10-12H,2-9H2,1H3,(H,25,26). The molecule has 1 aliphatic carbocycles. The molecule has 0 saturated heterocycles. The van der Waals surface area contributed by atoms with Crippen LogP contribution in [-0.4, -0.2) is 5.91 Å². The minimum Gasteiger partial charge on any atom is -0.461 e. The average molecular weight is 449 g/mol. The van der Waals surface area contributed by atoms with E-state index in [0.717, 1.165) is 52.9 Å². The molecule has 1 aromatic carbocycles. The average Bonchev–Trinajstić information content (AvgIpc) is 3.14. The predicted molar refractivity (Wildman–Crippen MR) is 114 cm³/mol. The van der Waals surface area contributed by atoms with Gasteiger partial charge in [-0.15, -0.1) is 0 Å². The first-order chi connectivity index (χ1) is 13.1. The molecule has 27 heavy (non-hydrogen) atoms. The highest BCUT2D eigenvalue weighted by atomic mass is 79.9. The van der Waals surface area contributed by atoms with Crippen molar-refractivity contribution in [2.24, 2.45) is 0 Å². The van der Waals surface area contributed by atoms with Crippen molar-refractivity contribution in [1.29, 1.82) is 0 Å². The van der Waals surface area contributed by atoms with Crippen LogP contribution in [0, 0.1) is 0 Å². The first kappa shape index (κ1) is 18.8. The van der Waals surface area contributed by atoms with Crippen molar-refractivity contribution in [3.63, 3.8) is 0 Å². The van der Waals surface area contributed by atoms with Gasteiger partial charge in [-0.1, -0.05) is 31.4 Å². The zero-order chi connectivity index (χ0) is 19.0. The van der Waals surface area contributed by atoms with E-state index in [-0.39, 0.29) is 5.91 Å². The number of furan rings is 1. The van der Waals surface area contributed by atoms with Crippen molar-refractivity contribution in [2.45, 2.75) is 58.3 Å². The second kappa shape index (κ2) is 7.84. The van der Waals surface area contributed by atoms with Gasteiger partial charge in [0.2, 0.25) is 0 Å². The molecule has 0 radical (unpaired) electrons. The van der Waals surface area contributed by atoms with Gasteiger partial charge in [0.15, 0.2) is 0 Å². The Kier molecular flexibility index (Phi) is 5.47. The number of halogens is 2. The molecule has 0 atom stereocenters. The van der Waals surface area contributed by atoms with E-state index in [0.29, 0.717) is 10.6 Å². The van der Waals surface area contributed by atoms with Crippen LogP contribution < -0.4 is 5.32 Å². The summed E-state index contributed by atoms with van der Waals surface area (Å²) in [6.07, 6.45) is 11.0. The van der Waals surface area contributed by atoms with Gasteiger partial charge in [-0.25, -0.2) is 0 Å². The van der Waals surface area contributed by atoms with Crippen LogP contribution in [0.25, 0.3) is 11.6 Å². The first-order valence-corrected chi connectivity index (χ1v) is 10.9. The molecule has 0 unspecified atom stereocenters. The number of hydrogen-bond acceptors (Lipinski definition) is 2. The number of aryl methyl sites for hydroxylation is 1. The number of hydrogen-bond donors (Lipinski definition) is 1. The summed E-state index contributed by atoms with van der Waals surface area (Å²) >= 11 is 9.71. The van der Waals surface area contributed by atoms with E-state index >= 15 is 0 Å². The van der Waals surface area contributed by atoms with Gasteiger partial charge in [-0.2, -0.15) is 0 Å². The molecule has 1 aromatic heterocycles. The number of nitrogens with one attached hydrogen (secondary N) is 1. The molecule has 0 bridgehead atoms. The minimum atomic E-state index is -0.109. The Bertz CT molecular complexity index is 929. The molecule has 0 spiro atoms. The number of rotatable bonds is 5. The van der Waals surface area contributed by atoms with Gasteiger partial charge in [0, 0.05) is 27.0 Å². The van der Waals surface area contributed by atoms with Crippen LogP contribution in [0.4, 0.5) is 5.69 Å². The molecule has 2 aromatic rings. The fourth-order valence-electron chi connectivity index (χ4n) is 4.09. The van der Waals surface area contributed by atoms with Crippen molar-refractivity contribution in [3.8, 4) is 0 Å². The van der Waals surface area contributed by atoms with E-state index in [4.69, 9.17) is 16.0 Å². The number of anilines is 1. The molecule has 2 heterocycles. The van der Waals surface area contributed by atoms with E-state index in [9.17, 15) is 4.79 Å². The number of carbonyl (C=O) groups is 1. The Morgan fingerprint density at radius 1 is 1.26 bits per heavy atom. The van der Waals surface area contributed by atoms with Gasteiger partial charge < -0.3 is 9.73 Å². The smallest absolute Gasteiger partial charge is 0.256 e. The lowest BCUT2D eigenvalue weighted by atomic mass is 9.92. The first-order valence-electron chi connectivity index (χ1n) is 9.74. The third kappa shape index (κ3) is 3.62. The topological polar surface area (TPSA) is 42.2 Å². The molecule has 1 aliphatic heterocycles. The van der Waals surface area contributed by atoms with E-state index in [1.54, 1.807) is 6.07 Å². The minimum absolute atomic E-state index is 0.109. The molecule has 3 nitrogen and oxygen atoms in total. The quantitative estimate of drug-likeness (QED) is 0.404. The van der Waals surface area contributed by atoms with Gasteiger partial charge in [0.1, 0.15) is 11.5 Å². The van der Waals surface area contributed by atoms with Crippen LogP contribution in [0.15, 0.2) is 21.0 Å². The summed E-state index contributed by atoms with van der Waals surface area (Å²) in [5.74, 6) is 1.86. The summed E-state index contributed by atoms with van der Waals surface area (Å²) in [6.45, 7) is 2.22. The summed E-state index contributed by atoms with van der Waals surface area (Å²) in [7, 11) is 0. The fraction of sp³-hybridized carbons (Fsp3) is 0.409. The highest BCUT2D eigenvalue weighted by molar-refractivity contribution is 9.10. The lowest BCUT2D eigenvalue weighted by Gasteiger charge is -2.10. The normalized spacial score (nSPS) is 17.1. The second-order valence-corrected chi connectivity index (χ2v) is 8.62. The molecular weight excluding hydrogens is 426 g/mol. The van der Waals surface area contributed by atoms with Crippen LogP contribution in [0.2, 0.25) is 5.02 Å². The van der Waals surface area contributed by atoms with Crippen LogP contribution in [0.5, 0.6) is 0 Å². The molecule has 2 aliphatic rings. The molecule has 4 rings (SSSR count). The number of carbonyl (C=O) groups excluding carboxylic acids is 1. The van der Waals surface area contributed by atoms with Gasteiger partial charge in [0.05, 0.1) is 11.3 Å². The molecule has 1 N–H and O–H groups in total. The summed E-state index contributed by atoms with van der Waals surface area (Å²) < 4.78 is 7.05. The summed E-state index contributed by atoms with van der Waals surface area (Å²) in [6, 6.07) is 3.64. The SMILES string of the molecule is CCCCCc1c(C=C2C(=O)Nc3c(Br)cc(Cl)cc32)oc2c1CCCC2. The Labute approximate surface area is 173 Å². The van der Waals surface area contributed by atoms with Crippen molar-refractivity contribution in [2.75, 3.05) is 5.32 Å². The fourth-order valence-corrected chi connectivity index (χ4v) is 4.99. The maximum absolute atomic E-state index is 12.6. The zero-order valence-corrected chi connectivity index (χ0v) is 17.8. The monoisotopic (exact) mass is 447 g/mol. The molecule has 142 valence electrons. The number of fused-ring (bicyclic) bond motifs is 2. The predicted octanol–water partition coefficient (Wildman–Crippen LogP) is 6.80. The van der Waals surface area contributed by atoms with E-state index < -0.39 is 0 Å². The Balaban J connectivity index is 1.78. The highest BCUT2D eigenvalue weighted by Gasteiger charge is 2.29. The highest BCUT2D eigenvalue weighted by Crippen LogP contribution is 2.41. The lowest BCUT2D eigenvalue weighted by molar-refractivity contribution is -0.110. The molecule has 1 amide bonds. The van der Waals surface area contributed by atoms with E-state index in [1.807, 2.05) is 12.1 Å². The third-order valence-electron chi connectivity index (χ3n) is 5.45. The maximum atomic E-state index is 12.6. The summed E-state index contributed by atoms with van der Waals surface area (Å²) in [5, 5.41) is 3.54. The number of amides is 1. The largest absolute Gasteiger partial charge is 0.461 e. The van der Waals surface area contributed by atoms with Crippen molar-refractivity contribution in [1.82, 2.24) is 0 Å². The van der Waals surface area contributed by atoms with Gasteiger partial charge in [-0.3, -0.25) is 4.79 Å². The summed E-state index contributed by atoms with van der Waals surface area (Å²) in [5.41, 5.74) is 4.91. The van der Waals surface area contributed by atoms with Crippen molar-refractivity contribution < 1.29 is 9.21 Å². The molecule has 0 fully saturated rings. The van der Waals surface area contributed by atoms with Crippen LogP contribution in [0.1, 0.15) is 67.2 Å². The van der Waals surface area contributed by atoms with Crippen LogP contribution in [0.3, 0.4) is 0 Å². The van der Waals surface area contributed by atoms with E-state index in [2.05, 4.69) is 28.2 Å². The number of benzene rings is 1. The Hall–Kier alpha value is -1.52. The van der Waals surface area contributed by atoms with E-state index in [1.165, 1.54) is 36.8 Å². The summed E-state index contributed by atoms with van der Waals surface area (Å²) in [4.78, 5) is 12.6. The van der Waals surface area contributed by atoms with Gasteiger partial charge in [0.25, 0.3) is 5.91 Å². The van der Waals surface area contributed by atoms with Crippen LogP contribution >= 0.6 is 27.5 Å². The van der Waals surface area contributed by atoms with Crippen molar-refractivity contribution >= 4 is 50.8 Å². The third-order valence-corrected chi connectivity index (χ3v) is 6.29. The van der Waals surface area contributed by atoms with Gasteiger partial charge >= 0.3 is 0 Å². The maximum Gasteiger partial charge on any atom is 0.256 e. The Morgan fingerprint density at radius 2 is 2.07 bits per heavy atom. The van der Waals surface area contributed by atoms with Crippen molar-refractivity contribution in [3.05, 3.63) is 49.8 Å². The number of unbranched alkanes of at least 4 members (excludes halogenated alkanes) is 2. The molecule has 5 heteroatoms. The molecule has 0 saturated carbocycles. The Morgan fingerprint density at radius 3 is 2.89 bits per heavy atom.